The van der Waals surface area contributed by atoms with E-state index >= 15 is 0 Å². The van der Waals surface area contributed by atoms with Crippen molar-refractivity contribution in [3.8, 4) is 0 Å². The van der Waals surface area contributed by atoms with Crippen molar-refractivity contribution < 1.29 is 34.2 Å². The quantitative estimate of drug-likeness (QED) is 0.197. The van der Waals surface area contributed by atoms with Crippen molar-refractivity contribution in [1.29, 1.82) is 0 Å². The molecule has 0 aromatic carbocycles. The standard InChI is InChI=1S/C15H25N5O7/c1-7(21)12(15(26)27)20-14(25)9(5-10(16)22)19-11(23)6-18-13(24)8-3-2-4-17-8/h7-9,12,17,21H,2-6H2,1H3,(H2,16,22)(H,18,24)(H,19,23)(H,20,25)(H,26,27). The van der Waals surface area contributed by atoms with Gasteiger partial charge in [-0.25, -0.2) is 4.79 Å². The molecule has 0 radical (unpaired) electrons. The van der Waals surface area contributed by atoms with Crippen LogP contribution in [-0.2, 0) is 24.0 Å². The van der Waals surface area contributed by atoms with E-state index in [0.29, 0.717) is 13.0 Å². The fourth-order valence-electron chi connectivity index (χ4n) is 2.50. The molecule has 0 aromatic heterocycles. The van der Waals surface area contributed by atoms with E-state index in [1.165, 1.54) is 0 Å². The van der Waals surface area contributed by atoms with Gasteiger partial charge in [0.2, 0.25) is 23.6 Å². The van der Waals surface area contributed by atoms with Gasteiger partial charge in [-0.3, -0.25) is 19.2 Å². The maximum Gasteiger partial charge on any atom is 0.328 e. The lowest BCUT2D eigenvalue weighted by Gasteiger charge is -2.22. The summed E-state index contributed by atoms with van der Waals surface area (Å²) in [6, 6.07) is -3.46. The highest BCUT2D eigenvalue weighted by molar-refractivity contribution is 5.95. The van der Waals surface area contributed by atoms with Crippen LogP contribution < -0.4 is 27.0 Å². The number of hydrogen-bond donors (Lipinski definition) is 7. The average Bonchev–Trinajstić information content (AvgIpc) is 3.10. The van der Waals surface area contributed by atoms with Gasteiger partial charge in [-0.05, 0) is 26.3 Å². The van der Waals surface area contributed by atoms with Crippen LogP contribution >= 0.6 is 0 Å². The summed E-state index contributed by atoms with van der Waals surface area (Å²) in [7, 11) is 0. The Morgan fingerprint density at radius 3 is 2.37 bits per heavy atom. The fraction of sp³-hybridized carbons (Fsp3) is 0.667. The van der Waals surface area contributed by atoms with Crippen molar-refractivity contribution in [2.75, 3.05) is 13.1 Å². The van der Waals surface area contributed by atoms with Gasteiger partial charge in [0.05, 0.1) is 25.1 Å². The zero-order valence-corrected chi connectivity index (χ0v) is 14.9. The largest absolute Gasteiger partial charge is 0.480 e. The SMILES string of the molecule is CC(O)C(NC(=O)C(CC(N)=O)NC(=O)CNC(=O)C1CCCN1)C(=O)O. The number of hydrogen-bond acceptors (Lipinski definition) is 7. The Kier molecular flexibility index (Phi) is 8.62. The zero-order valence-electron chi connectivity index (χ0n) is 14.9. The van der Waals surface area contributed by atoms with Crippen LogP contribution in [0, 0.1) is 0 Å². The summed E-state index contributed by atoms with van der Waals surface area (Å²) < 4.78 is 0. The summed E-state index contributed by atoms with van der Waals surface area (Å²) in [5, 5.41) is 28.0. The zero-order chi connectivity index (χ0) is 20.6. The third-order valence-corrected chi connectivity index (χ3v) is 3.90. The molecule has 0 saturated carbocycles. The molecule has 4 atom stereocenters. The number of aliphatic hydroxyl groups excluding tert-OH is 1. The smallest absolute Gasteiger partial charge is 0.328 e. The van der Waals surface area contributed by atoms with E-state index in [1.807, 2.05) is 5.32 Å². The third kappa shape index (κ3) is 7.58. The van der Waals surface area contributed by atoms with Gasteiger partial charge in [-0.15, -0.1) is 0 Å². The first kappa shape index (κ1) is 22.3. The molecule has 1 fully saturated rings. The van der Waals surface area contributed by atoms with Crippen molar-refractivity contribution in [1.82, 2.24) is 21.3 Å². The Balaban J connectivity index is 2.62. The molecule has 1 heterocycles. The molecule has 4 amide bonds. The lowest BCUT2D eigenvalue weighted by Crippen LogP contribution is -2.56. The molecule has 12 nitrogen and oxygen atoms in total. The number of primary amides is 1. The Morgan fingerprint density at radius 1 is 1.22 bits per heavy atom. The van der Waals surface area contributed by atoms with E-state index in [9.17, 15) is 29.1 Å². The monoisotopic (exact) mass is 387 g/mol. The Morgan fingerprint density at radius 2 is 1.89 bits per heavy atom. The highest BCUT2D eigenvalue weighted by Crippen LogP contribution is 2.04. The number of aliphatic carboxylic acids is 1. The van der Waals surface area contributed by atoms with Gasteiger partial charge >= 0.3 is 5.97 Å². The first-order chi connectivity index (χ1) is 12.6. The minimum absolute atomic E-state index is 0.362. The number of amides is 4. The Labute approximate surface area is 155 Å². The summed E-state index contributed by atoms with van der Waals surface area (Å²) >= 11 is 0. The van der Waals surface area contributed by atoms with E-state index in [2.05, 4.69) is 16.0 Å². The van der Waals surface area contributed by atoms with Crippen molar-refractivity contribution in [2.24, 2.45) is 5.73 Å². The summed E-state index contributed by atoms with van der Waals surface area (Å²) in [5.74, 6) is -4.51. The number of rotatable bonds is 10. The van der Waals surface area contributed by atoms with Crippen molar-refractivity contribution in [3.05, 3.63) is 0 Å². The second-order valence-electron chi connectivity index (χ2n) is 6.22. The summed E-state index contributed by atoms with van der Waals surface area (Å²) in [6.45, 7) is 1.44. The van der Waals surface area contributed by atoms with E-state index in [1.54, 1.807) is 0 Å². The fourth-order valence-corrected chi connectivity index (χ4v) is 2.50. The molecule has 1 rings (SSSR count). The second kappa shape index (κ2) is 10.4. The van der Waals surface area contributed by atoms with Crippen LogP contribution in [0.2, 0.25) is 0 Å². The molecule has 0 bridgehead atoms. The van der Waals surface area contributed by atoms with Crippen LogP contribution in [0.4, 0.5) is 0 Å². The first-order valence-corrected chi connectivity index (χ1v) is 8.41. The number of nitrogens with one attached hydrogen (secondary N) is 4. The van der Waals surface area contributed by atoms with Crippen molar-refractivity contribution in [3.63, 3.8) is 0 Å². The van der Waals surface area contributed by atoms with E-state index in [-0.39, 0.29) is 11.9 Å². The molecule has 1 saturated heterocycles. The normalized spacial score (nSPS) is 19.4. The highest BCUT2D eigenvalue weighted by atomic mass is 16.4. The van der Waals surface area contributed by atoms with Crippen LogP contribution in [0.5, 0.6) is 0 Å². The first-order valence-electron chi connectivity index (χ1n) is 8.41. The number of aliphatic hydroxyl groups is 1. The molecular formula is C15H25N5O7. The molecule has 0 spiro atoms. The summed E-state index contributed by atoms with van der Waals surface area (Å²) in [5.41, 5.74) is 5.05. The molecule has 1 aliphatic rings. The maximum absolute atomic E-state index is 12.2. The maximum atomic E-state index is 12.2. The molecule has 27 heavy (non-hydrogen) atoms. The van der Waals surface area contributed by atoms with Crippen molar-refractivity contribution in [2.45, 2.75) is 50.4 Å². The molecule has 0 aliphatic carbocycles. The molecule has 0 aromatic rings. The minimum atomic E-state index is -1.63. The average molecular weight is 387 g/mol. The number of carboxylic acids is 1. The van der Waals surface area contributed by atoms with Gasteiger partial charge in [0.1, 0.15) is 6.04 Å². The molecule has 12 heteroatoms. The molecule has 4 unspecified atom stereocenters. The lowest BCUT2D eigenvalue weighted by molar-refractivity contribution is -0.145. The van der Waals surface area contributed by atoms with E-state index in [4.69, 9.17) is 10.8 Å². The molecule has 152 valence electrons. The molecule has 8 N–H and O–H groups in total. The van der Waals surface area contributed by atoms with Crippen LogP contribution in [0.3, 0.4) is 0 Å². The van der Waals surface area contributed by atoms with Gasteiger partial charge in [0.15, 0.2) is 6.04 Å². The number of carbonyl (C=O) groups is 5. The van der Waals surface area contributed by atoms with E-state index in [0.717, 1.165) is 13.3 Å². The molecular weight excluding hydrogens is 362 g/mol. The lowest BCUT2D eigenvalue weighted by atomic mass is 10.1. The van der Waals surface area contributed by atoms with Crippen molar-refractivity contribution >= 4 is 29.6 Å². The van der Waals surface area contributed by atoms with Crippen LogP contribution in [0.25, 0.3) is 0 Å². The topological polar surface area (TPSA) is 200 Å². The number of carboxylic acid groups (broad SMARTS) is 1. The second-order valence-corrected chi connectivity index (χ2v) is 6.22. The van der Waals surface area contributed by atoms with Gasteiger partial charge in [0.25, 0.3) is 0 Å². The van der Waals surface area contributed by atoms with Crippen LogP contribution in [0.1, 0.15) is 26.2 Å². The molecule has 1 aliphatic heterocycles. The van der Waals surface area contributed by atoms with Gasteiger partial charge in [-0.1, -0.05) is 0 Å². The Hall–Kier alpha value is -2.73. The minimum Gasteiger partial charge on any atom is -0.480 e. The highest BCUT2D eigenvalue weighted by Gasteiger charge is 2.30. The van der Waals surface area contributed by atoms with E-state index < -0.39 is 54.8 Å². The number of carbonyl (C=O) groups excluding carboxylic acids is 4. The third-order valence-electron chi connectivity index (χ3n) is 3.90. The summed E-state index contributed by atoms with van der Waals surface area (Å²) in [4.78, 5) is 58.2. The van der Waals surface area contributed by atoms with Crippen LogP contribution in [0.15, 0.2) is 0 Å². The predicted octanol–water partition coefficient (Wildman–Crippen LogP) is -3.83. The summed E-state index contributed by atoms with van der Waals surface area (Å²) in [6.07, 6.45) is -0.494. The van der Waals surface area contributed by atoms with Gasteiger partial charge < -0.3 is 37.2 Å². The Bertz CT molecular complexity index is 589. The van der Waals surface area contributed by atoms with Crippen LogP contribution in [-0.4, -0.2) is 77.1 Å². The predicted molar refractivity (Wildman–Crippen MR) is 91.0 cm³/mol. The van der Waals surface area contributed by atoms with Gasteiger partial charge in [0, 0.05) is 0 Å². The van der Waals surface area contributed by atoms with Gasteiger partial charge in [-0.2, -0.15) is 0 Å². The number of nitrogens with two attached hydrogens (primary N) is 1.